The van der Waals surface area contributed by atoms with E-state index in [1.165, 1.54) is 12.3 Å². The zero-order valence-corrected chi connectivity index (χ0v) is 8.93. The van der Waals surface area contributed by atoms with Crippen LogP contribution in [0.15, 0.2) is 30.9 Å². The highest BCUT2D eigenvalue weighted by Crippen LogP contribution is 2.11. The van der Waals surface area contributed by atoms with Crippen molar-refractivity contribution in [2.24, 2.45) is 0 Å². The molecule has 2 rings (SSSR count). The van der Waals surface area contributed by atoms with Gasteiger partial charge in [-0.1, -0.05) is 0 Å². The van der Waals surface area contributed by atoms with Gasteiger partial charge in [-0.3, -0.25) is 0 Å². The van der Waals surface area contributed by atoms with Crippen molar-refractivity contribution in [1.29, 1.82) is 0 Å². The summed E-state index contributed by atoms with van der Waals surface area (Å²) >= 11 is 0. The van der Waals surface area contributed by atoms with Crippen LogP contribution in [0.1, 0.15) is 12.6 Å². The molecule has 0 atom stereocenters. The second-order valence-corrected chi connectivity index (χ2v) is 3.28. The van der Waals surface area contributed by atoms with Crippen molar-refractivity contribution in [3.8, 4) is 5.75 Å². The molecule has 0 aromatic carbocycles. The molecular weight excluding hydrogens is 209 g/mol. The number of rotatable bonds is 4. The van der Waals surface area contributed by atoms with E-state index in [4.69, 9.17) is 4.74 Å². The molecule has 2 aromatic heterocycles. The van der Waals surface area contributed by atoms with Crippen molar-refractivity contribution in [2.45, 2.75) is 20.1 Å². The lowest BCUT2D eigenvalue weighted by Gasteiger charge is -2.07. The first-order valence-electron chi connectivity index (χ1n) is 5.03. The first-order valence-corrected chi connectivity index (χ1v) is 5.03. The van der Waals surface area contributed by atoms with Gasteiger partial charge in [-0.05, 0) is 19.1 Å². The summed E-state index contributed by atoms with van der Waals surface area (Å²) in [5, 5.41) is 0. The predicted octanol–water partition coefficient (Wildman–Crippen LogP) is 2.02. The minimum Gasteiger partial charge on any atom is -0.486 e. The molecule has 0 bridgehead atoms. The summed E-state index contributed by atoms with van der Waals surface area (Å²) in [6.45, 7) is 3.28. The van der Waals surface area contributed by atoms with Crippen LogP contribution in [0.25, 0.3) is 0 Å². The number of aromatic nitrogens is 3. The Balaban J connectivity index is 1.99. The summed E-state index contributed by atoms with van der Waals surface area (Å²) in [6.07, 6.45) is 4.87. The second kappa shape index (κ2) is 4.74. The number of hydrogen-bond donors (Lipinski definition) is 0. The summed E-state index contributed by atoms with van der Waals surface area (Å²) in [4.78, 5) is 7.53. The predicted molar refractivity (Wildman–Crippen MR) is 56.4 cm³/mol. The van der Waals surface area contributed by atoms with Crippen LogP contribution in [0.4, 0.5) is 4.39 Å². The van der Waals surface area contributed by atoms with E-state index in [-0.39, 0.29) is 0 Å². The van der Waals surface area contributed by atoms with Gasteiger partial charge in [0.2, 0.25) is 5.95 Å². The van der Waals surface area contributed by atoms with Gasteiger partial charge in [0, 0.05) is 6.54 Å². The van der Waals surface area contributed by atoms with Crippen molar-refractivity contribution in [3.05, 3.63) is 42.5 Å². The van der Waals surface area contributed by atoms with Crippen molar-refractivity contribution < 1.29 is 9.13 Å². The number of halogens is 1. The molecule has 0 amide bonds. The Hall–Kier alpha value is -1.91. The molecule has 5 heteroatoms. The highest BCUT2D eigenvalue weighted by molar-refractivity contribution is 5.16. The van der Waals surface area contributed by atoms with Crippen molar-refractivity contribution >= 4 is 0 Å². The van der Waals surface area contributed by atoms with E-state index >= 15 is 0 Å². The van der Waals surface area contributed by atoms with Crippen LogP contribution in [0.2, 0.25) is 0 Å². The van der Waals surface area contributed by atoms with Crippen LogP contribution in [0, 0.1) is 5.95 Å². The molecule has 0 unspecified atom stereocenters. The van der Waals surface area contributed by atoms with Crippen molar-refractivity contribution in [3.63, 3.8) is 0 Å². The molecule has 0 radical (unpaired) electrons. The number of aryl methyl sites for hydroxylation is 1. The van der Waals surface area contributed by atoms with Crippen LogP contribution in [-0.4, -0.2) is 14.5 Å². The molecule has 0 spiro atoms. The molecular formula is C11H12FN3O. The second-order valence-electron chi connectivity index (χ2n) is 3.28. The minimum atomic E-state index is -0.508. The SMILES string of the molecule is CCn1cncc1COc1ccc(F)nc1. The Bertz CT molecular complexity index is 453. The average molecular weight is 221 g/mol. The van der Waals surface area contributed by atoms with Crippen molar-refractivity contribution in [2.75, 3.05) is 0 Å². The summed E-state index contributed by atoms with van der Waals surface area (Å²) < 4.78 is 20.0. The fourth-order valence-corrected chi connectivity index (χ4v) is 1.36. The monoisotopic (exact) mass is 221 g/mol. The fourth-order valence-electron chi connectivity index (χ4n) is 1.36. The van der Waals surface area contributed by atoms with Gasteiger partial charge in [0.1, 0.15) is 12.4 Å². The van der Waals surface area contributed by atoms with E-state index in [0.717, 1.165) is 12.2 Å². The van der Waals surface area contributed by atoms with Crippen LogP contribution in [0.5, 0.6) is 5.75 Å². The molecule has 2 aromatic rings. The van der Waals surface area contributed by atoms with Crippen molar-refractivity contribution in [1.82, 2.24) is 14.5 Å². The largest absolute Gasteiger partial charge is 0.486 e. The summed E-state index contributed by atoms with van der Waals surface area (Å²) in [5.41, 5.74) is 0.979. The molecule has 2 heterocycles. The Labute approximate surface area is 92.7 Å². The molecule has 0 aliphatic carbocycles. The quantitative estimate of drug-likeness (QED) is 0.741. The van der Waals surface area contributed by atoms with Gasteiger partial charge >= 0.3 is 0 Å². The highest BCUT2D eigenvalue weighted by Gasteiger charge is 2.01. The summed E-state index contributed by atoms with van der Waals surface area (Å²) in [6, 6.07) is 2.82. The number of imidazole rings is 1. The third-order valence-electron chi connectivity index (χ3n) is 2.23. The van der Waals surface area contributed by atoms with E-state index in [0.29, 0.717) is 12.4 Å². The maximum absolute atomic E-state index is 12.5. The summed E-state index contributed by atoms with van der Waals surface area (Å²) in [7, 11) is 0. The first kappa shape index (κ1) is 10.6. The Morgan fingerprint density at radius 2 is 2.25 bits per heavy atom. The first-order chi connectivity index (χ1) is 7.79. The zero-order chi connectivity index (χ0) is 11.4. The number of ether oxygens (including phenoxy) is 1. The van der Waals surface area contributed by atoms with Gasteiger partial charge in [0.05, 0.1) is 24.4 Å². The smallest absolute Gasteiger partial charge is 0.213 e. The van der Waals surface area contributed by atoms with Crippen LogP contribution in [-0.2, 0) is 13.2 Å². The molecule has 0 aliphatic heterocycles. The Morgan fingerprint density at radius 3 is 2.94 bits per heavy atom. The average Bonchev–Trinajstić information content (AvgIpc) is 2.76. The molecule has 0 fully saturated rings. The van der Waals surface area contributed by atoms with Gasteiger partial charge in [-0.2, -0.15) is 4.39 Å². The minimum absolute atomic E-state index is 0.404. The normalized spacial score (nSPS) is 10.4. The summed E-state index contributed by atoms with van der Waals surface area (Å²) in [5.74, 6) is 0.0382. The lowest BCUT2D eigenvalue weighted by atomic mass is 10.4. The highest BCUT2D eigenvalue weighted by atomic mass is 19.1. The molecule has 16 heavy (non-hydrogen) atoms. The maximum atomic E-state index is 12.5. The Morgan fingerprint density at radius 1 is 1.38 bits per heavy atom. The van der Waals surface area contributed by atoms with Gasteiger partial charge in [0.15, 0.2) is 0 Å². The fraction of sp³-hybridized carbons (Fsp3) is 0.273. The molecule has 0 saturated heterocycles. The third-order valence-corrected chi connectivity index (χ3v) is 2.23. The van der Waals surface area contributed by atoms with Gasteiger partial charge < -0.3 is 9.30 Å². The lowest BCUT2D eigenvalue weighted by Crippen LogP contribution is -2.03. The van der Waals surface area contributed by atoms with Gasteiger partial charge in [-0.25, -0.2) is 9.97 Å². The number of nitrogens with zero attached hydrogens (tertiary/aromatic N) is 3. The van der Waals surface area contributed by atoms with Crippen LogP contribution >= 0.6 is 0 Å². The molecule has 4 nitrogen and oxygen atoms in total. The lowest BCUT2D eigenvalue weighted by molar-refractivity contribution is 0.293. The number of hydrogen-bond acceptors (Lipinski definition) is 3. The Kier molecular flexibility index (Phi) is 3.14. The van der Waals surface area contributed by atoms with Gasteiger partial charge in [-0.15, -0.1) is 0 Å². The maximum Gasteiger partial charge on any atom is 0.213 e. The van der Waals surface area contributed by atoms with E-state index in [2.05, 4.69) is 9.97 Å². The van der Waals surface area contributed by atoms with Gasteiger partial charge in [0.25, 0.3) is 0 Å². The standard InChI is InChI=1S/C11H12FN3O/c1-2-15-8-13-5-9(15)7-16-10-3-4-11(12)14-6-10/h3-6,8H,2,7H2,1H3. The number of pyridine rings is 1. The van der Waals surface area contributed by atoms with E-state index < -0.39 is 5.95 Å². The van der Waals surface area contributed by atoms with E-state index in [9.17, 15) is 4.39 Å². The molecule has 0 aliphatic rings. The zero-order valence-electron chi connectivity index (χ0n) is 8.93. The molecule has 0 saturated carbocycles. The third kappa shape index (κ3) is 2.36. The molecule has 0 N–H and O–H groups in total. The topological polar surface area (TPSA) is 39.9 Å². The van der Waals surface area contributed by atoms with E-state index in [1.54, 1.807) is 18.6 Å². The van der Waals surface area contributed by atoms with Crippen LogP contribution in [0.3, 0.4) is 0 Å². The van der Waals surface area contributed by atoms with Crippen LogP contribution < -0.4 is 4.74 Å². The molecule has 84 valence electrons. The van der Waals surface area contributed by atoms with E-state index in [1.807, 2.05) is 11.5 Å².